The van der Waals surface area contributed by atoms with Crippen molar-refractivity contribution in [1.29, 1.82) is 0 Å². The number of phenols is 2. The van der Waals surface area contributed by atoms with E-state index in [0.29, 0.717) is 28.4 Å². The molecule has 0 saturated heterocycles. The van der Waals surface area contributed by atoms with Crippen LogP contribution in [0.1, 0.15) is 41.5 Å². The number of hydrogen-bond acceptors (Lipinski definition) is 18. The molecule has 4 aromatic heterocycles. The summed E-state index contributed by atoms with van der Waals surface area (Å²) in [6.07, 6.45) is 18.5. The number of aromatic nitrogens is 8. The zero-order chi connectivity index (χ0) is 53.6. The van der Waals surface area contributed by atoms with Gasteiger partial charge in [0.15, 0.2) is 46.0 Å². The van der Waals surface area contributed by atoms with E-state index in [9.17, 15) is 14.7 Å². The van der Waals surface area contributed by atoms with Crippen LogP contribution in [0.25, 0.3) is 17.1 Å². The Kier molecular flexibility index (Phi) is 21.3. The van der Waals surface area contributed by atoms with Gasteiger partial charge in [0.05, 0.1) is 70.8 Å². The number of aromatic hydroxyl groups is 2. The highest BCUT2D eigenvalue weighted by Crippen LogP contribution is 2.32. The molecule has 0 bridgehead atoms. The number of carbonyl (C=O) groups excluding carboxylic acids is 2. The molecule has 0 aliphatic carbocycles. The summed E-state index contributed by atoms with van der Waals surface area (Å²) >= 11 is 0. The van der Waals surface area contributed by atoms with Crippen LogP contribution < -0.4 is 33.9 Å². The van der Waals surface area contributed by atoms with Crippen LogP contribution in [0.3, 0.4) is 0 Å². The van der Waals surface area contributed by atoms with E-state index < -0.39 is 30.6 Å². The average Bonchev–Trinajstić information content (AvgIpc) is 4.22. The summed E-state index contributed by atoms with van der Waals surface area (Å²) in [5.74, 6) is 2.26. The normalized spacial score (nSPS) is 10.4. The number of imidazole rings is 4. The molecule has 0 aliphatic heterocycles. The first kappa shape index (κ1) is 56.6. The highest BCUT2D eigenvalue weighted by molar-refractivity contribution is 6.58. The SMILES string of the molecule is CC(C)(C)OC(=O)Oc1ccc(-n2ccnc2)cc1OC(=O)OC(C)(C)C.COc1ccc(-n2ccnc2)cc1OC.COc1ccc(B(O)O)cc1OC.Oc1ccc(-n2ccnc2)cc1O.c1c[nH]cn1. The second-order valence-corrected chi connectivity index (χ2v) is 16.6. The van der Waals surface area contributed by atoms with E-state index in [4.69, 9.17) is 53.0 Å². The van der Waals surface area contributed by atoms with Crippen LogP contribution in [0, 0.1) is 0 Å². The van der Waals surface area contributed by atoms with Crippen LogP contribution in [-0.4, -0.2) is 118 Å². The molecule has 0 spiro atoms. The molecule has 4 heterocycles. The standard InChI is InChI=1S/C19H24N2O6.C11H12N2O2.C9H8N2O2.C8H11BO4.C3H4N2/c1-18(2,3)26-16(22)24-14-8-7-13(21-10-9-20-12-21)11-15(14)25-17(23)27-19(4,5)6;1-14-10-4-3-9(7-11(10)15-2)13-6-5-12-8-13;12-8-2-1-7(5-9(8)13)11-4-3-10-6-11;1-12-7-4-3-6(9(10)11)5-8(7)13-2;1-2-5-3-4-1/h7-12H,1-6H3;3-8H,1-2H3;1-6,12-13H;3-5,10-11H,1-2H3;1-3H,(H,4,5). The number of methoxy groups -OCH3 is 4. The number of nitrogens with one attached hydrogen (secondary N) is 1. The smallest absolute Gasteiger partial charge is 0.504 e. The van der Waals surface area contributed by atoms with Crippen LogP contribution in [0.5, 0.6) is 46.0 Å². The molecule has 0 atom stereocenters. The van der Waals surface area contributed by atoms with Gasteiger partial charge in [-0.15, -0.1) is 0 Å². The van der Waals surface area contributed by atoms with Crippen LogP contribution in [0.4, 0.5) is 9.59 Å². The largest absolute Gasteiger partial charge is 0.514 e. The summed E-state index contributed by atoms with van der Waals surface area (Å²) in [5, 5.41) is 36.0. The third-order valence-corrected chi connectivity index (χ3v) is 8.94. The third kappa shape index (κ3) is 19.1. The molecule has 0 unspecified atom stereocenters. The molecule has 0 fully saturated rings. The Bertz CT molecular complexity index is 2850. The molecule has 73 heavy (non-hydrogen) atoms. The van der Waals surface area contributed by atoms with E-state index in [-0.39, 0.29) is 23.0 Å². The quantitative estimate of drug-likeness (QED) is 0.0385. The number of carbonyl (C=O) groups is 2. The Morgan fingerprint density at radius 1 is 0.507 bits per heavy atom. The van der Waals surface area contributed by atoms with Crippen molar-refractivity contribution < 1.29 is 67.7 Å². The Balaban J connectivity index is 0.000000214. The molecule has 0 saturated carbocycles. The molecule has 8 aromatic rings. The lowest BCUT2D eigenvalue weighted by atomic mass is 9.80. The van der Waals surface area contributed by atoms with Gasteiger partial charge in [0.1, 0.15) is 11.2 Å². The minimum Gasteiger partial charge on any atom is -0.504 e. The molecule has 22 nitrogen and oxygen atoms in total. The highest BCUT2D eigenvalue weighted by Gasteiger charge is 2.24. The van der Waals surface area contributed by atoms with Crippen molar-refractivity contribution in [2.45, 2.75) is 52.7 Å². The number of nitrogens with zero attached hydrogens (tertiary/aromatic N) is 7. The Morgan fingerprint density at radius 2 is 0.932 bits per heavy atom. The number of benzene rings is 4. The summed E-state index contributed by atoms with van der Waals surface area (Å²) in [5.41, 5.74) is 1.32. The van der Waals surface area contributed by atoms with E-state index in [0.717, 1.165) is 17.1 Å². The van der Waals surface area contributed by atoms with E-state index in [2.05, 4.69) is 24.9 Å². The molecule has 0 aliphatic rings. The number of H-pyrrole nitrogens is 1. The van der Waals surface area contributed by atoms with Gasteiger partial charge in [0.2, 0.25) is 0 Å². The maximum atomic E-state index is 12.1. The third-order valence-electron chi connectivity index (χ3n) is 8.94. The van der Waals surface area contributed by atoms with Gasteiger partial charge in [-0.3, -0.25) is 0 Å². The first-order valence-corrected chi connectivity index (χ1v) is 21.9. The van der Waals surface area contributed by atoms with E-state index >= 15 is 0 Å². The zero-order valence-electron chi connectivity index (χ0n) is 41.9. The first-order valence-electron chi connectivity index (χ1n) is 21.9. The van der Waals surface area contributed by atoms with E-state index in [1.165, 1.54) is 44.6 Å². The molecule has 23 heteroatoms. The summed E-state index contributed by atoms with van der Waals surface area (Å²) in [6, 6.07) is 19.7. The van der Waals surface area contributed by atoms with Crippen LogP contribution in [0.15, 0.2) is 148 Å². The fourth-order valence-corrected chi connectivity index (χ4v) is 5.66. The number of hydrogen-bond donors (Lipinski definition) is 5. The van der Waals surface area contributed by atoms with Gasteiger partial charge in [0, 0.05) is 67.8 Å². The van der Waals surface area contributed by atoms with Gasteiger partial charge in [-0.1, -0.05) is 6.07 Å². The fraction of sp³-hybridized carbons (Fsp3) is 0.240. The maximum absolute atomic E-state index is 12.1. The second-order valence-electron chi connectivity index (χ2n) is 16.6. The minimum absolute atomic E-state index is 0.0151. The van der Waals surface area contributed by atoms with Gasteiger partial charge < -0.3 is 76.8 Å². The van der Waals surface area contributed by atoms with E-state index in [1.54, 1.807) is 158 Å². The van der Waals surface area contributed by atoms with Crippen molar-refractivity contribution in [1.82, 2.24) is 38.6 Å². The number of rotatable bonds is 10. The summed E-state index contributed by atoms with van der Waals surface area (Å²) in [6.45, 7) is 10.3. The van der Waals surface area contributed by atoms with Gasteiger partial charge >= 0.3 is 19.4 Å². The topological polar surface area (TPSA) is 271 Å². The average molecular weight is 1010 g/mol. The summed E-state index contributed by atoms with van der Waals surface area (Å²) in [7, 11) is 4.77. The minimum atomic E-state index is -1.49. The highest BCUT2D eigenvalue weighted by atomic mass is 16.8. The van der Waals surface area contributed by atoms with Crippen molar-refractivity contribution in [3.05, 3.63) is 148 Å². The number of ether oxygens (including phenoxy) is 8. The summed E-state index contributed by atoms with van der Waals surface area (Å²) in [4.78, 5) is 42.3. The van der Waals surface area contributed by atoms with Gasteiger partial charge in [-0.2, -0.15) is 0 Å². The van der Waals surface area contributed by atoms with Crippen LogP contribution in [0.2, 0.25) is 0 Å². The lowest BCUT2D eigenvalue weighted by Crippen LogP contribution is -2.29. The first-order chi connectivity index (χ1) is 34.7. The van der Waals surface area contributed by atoms with Gasteiger partial charge in [0.25, 0.3) is 0 Å². The molecule has 386 valence electrons. The molecule has 0 amide bonds. The second kappa shape index (κ2) is 27.4. The van der Waals surface area contributed by atoms with Crippen molar-refractivity contribution in [3.63, 3.8) is 0 Å². The number of aromatic amines is 1. The fourth-order valence-electron chi connectivity index (χ4n) is 5.66. The monoisotopic (exact) mass is 1010 g/mol. The van der Waals surface area contributed by atoms with Crippen LogP contribution >= 0.6 is 0 Å². The van der Waals surface area contributed by atoms with Crippen molar-refractivity contribution in [2.75, 3.05) is 28.4 Å². The van der Waals surface area contributed by atoms with Gasteiger partial charge in [-0.25, -0.2) is 29.5 Å². The molecule has 5 N–H and O–H groups in total. The van der Waals surface area contributed by atoms with Crippen molar-refractivity contribution in [3.8, 4) is 63.1 Å². The molecular weight excluding hydrogens is 947 g/mol. The predicted molar refractivity (Wildman–Crippen MR) is 269 cm³/mol. The summed E-state index contributed by atoms with van der Waals surface area (Å²) < 4.78 is 46.5. The predicted octanol–water partition coefficient (Wildman–Crippen LogP) is 7.47. The van der Waals surface area contributed by atoms with Gasteiger partial charge in [-0.05, 0) is 95.5 Å². The molecule has 0 radical (unpaired) electrons. The maximum Gasteiger partial charge on any atom is 0.514 e. The van der Waals surface area contributed by atoms with E-state index in [1.807, 2.05) is 29.0 Å². The molecular formula is C50H59BN8O14. The van der Waals surface area contributed by atoms with Crippen molar-refractivity contribution in [2.24, 2.45) is 0 Å². The Hall–Kier alpha value is -8.96. The molecule has 8 rings (SSSR count). The Labute approximate surface area is 422 Å². The lowest BCUT2D eigenvalue weighted by Gasteiger charge is -2.21. The zero-order valence-corrected chi connectivity index (χ0v) is 41.9. The molecule has 4 aromatic carbocycles. The number of phenolic OH excluding ortho intramolecular Hbond substituents is 2. The van der Waals surface area contributed by atoms with Crippen LogP contribution in [-0.2, 0) is 9.47 Å². The lowest BCUT2D eigenvalue weighted by molar-refractivity contribution is 0.0137. The van der Waals surface area contributed by atoms with Crippen molar-refractivity contribution >= 4 is 24.9 Å². The Morgan fingerprint density at radius 3 is 1.32 bits per heavy atom.